The van der Waals surface area contributed by atoms with Crippen molar-refractivity contribution in [3.05, 3.63) is 81.5 Å². The number of halogens is 1. The molecule has 168 valence electrons. The molecule has 0 saturated carbocycles. The number of fused-ring (bicyclic) bond motifs is 2. The molecule has 0 fully saturated rings. The molecule has 0 saturated heterocycles. The van der Waals surface area contributed by atoms with Gasteiger partial charge in [0.25, 0.3) is 5.91 Å². The molecule has 0 aliphatic carbocycles. The van der Waals surface area contributed by atoms with Crippen LogP contribution in [0.4, 0.5) is 5.69 Å². The van der Waals surface area contributed by atoms with Gasteiger partial charge in [0.1, 0.15) is 18.4 Å². The lowest BCUT2D eigenvalue weighted by Gasteiger charge is -2.27. The van der Waals surface area contributed by atoms with Crippen LogP contribution >= 0.6 is 11.6 Å². The maximum Gasteiger partial charge on any atom is 0.261 e. The minimum absolute atomic E-state index is 0.109. The number of carbonyl (C=O) groups is 2. The van der Waals surface area contributed by atoms with Gasteiger partial charge in [-0.15, -0.1) is 10.2 Å². The Kier molecular flexibility index (Phi) is 4.97. The summed E-state index contributed by atoms with van der Waals surface area (Å²) in [6, 6.07) is 9.00. The number of nitrogens with zero attached hydrogens (tertiary/aromatic N) is 5. The van der Waals surface area contributed by atoms with E-state index in [9.17, 15) is 9.59 Å². The highest BCUT2D eigenvalue weighted by molar-refractivity contribution is 6.30. The summed E-state index contributed by atoms with van der Waals surface area (Å²) in [5.41, 5.74) is 5.55. The molecular weight excluding hydrogens is 440 g/mol. The van der Waals surface area contributed by atoms with Gasteiger partial charge in [0, 0.05) is 24.5 Å². The first-order valence-corrected chi connectivity index (χ1v) is 11.0. The molecule has 2 amide bonds. The number of anilines is 1. The van der Waals surface area contributed by atoms with Crippen LogP contribution < -0.4 is 10.2 Å². The molecule has 33 heavy (non-hydrogen) atoms. The van der Waals surface area contributed by atoms with Crippen molar-refractivity contribution >= 4 is 34.7 Å². The smallest absolute Gasteiger partial charge is 0.261 e. The second-order valence-corrected chi connectivity index (χ2v) is 8.76. The minimum Gasteiger partial charge on any atom is -0.358 e. The van der Waals surface area contributed by atoms with Gasteiger partial charge in [-0.3, -0.25) is 18.9 Å². The van der Waals surface area contributed by atoms with Crippen LogP contribution in [0.15, 0.2) is 42.7 Å². The van der Waals surface area contributed by atoms with Crippen molar-refractivity contribution < 1.29 is 9.59 Å². The van der Waals surface area contributed by atoms with E-state index in [1.54, 1.807) is 11.9 Å². The van der Waals surface area contributed by atoms with E-state index in [2.05, 4.69) is 15.5 Å². The van der Waals surface area contributed by atoms with Crippen LogP contribution in [0.25, 0.3) is 5.65 Å². The van der Waals surface area contributed by atoms with E-state index in [-0.39, 0.29) is 18.4 Å². The Morgan fingerprint density at radius 2 is 1.82 bits per heavy atom. The Hall–Kier alpha value is -3.65. The van der Waals surface area contributed by atoms with Crippen LogP contribution in [0, 0.1) is 20.8 Å². The zero-order valence-corrected chi connectivity index (χ0v) is 19.5. The van der Waals surface area contributed by atoms with Crippen LogP contribution in [0.2, 0.25) is 5.02 Å². The number of hydrogen-bond donors (Lipinski definition) is 1. The third-order valence-corrected chi connectivity index (χ3v) is 6.41. The van der Waals surface area contributed by atoms with Crippen molar-refractivity contribution in [3.63, 3.8) is 0 Å². The lowest BCUT2D eigenvalue weighted by Crippen LogP contribution is -2.31. The van der Waals surface area contributed by atoms with Gasteiger partial charge >= 0.3 is 0 Å². The monoisotopic (exact) mass is 462 g/mol. The zero-order valence-electron chi connectivity index (χ0n) is 18.8. The summed E-state index contributed by atoms with van der Waals surface area (Å²) in [4.78, 5) is 27.9. The first-order valence-electron chi connectivity index (χ1n) is 10.6. The minimum atomic E-state index is -0.420. The molecule has 1 aliphatic heterocycles. The van der Waals surface area contributed by atoms with Gasteiger partial charge in [0.15, 0.2) is 5.65 Å². The molecule has 0 spiro atoms. The predicted octanol–water partition coefficient (Wildman–Crippen LogP) is 3.61. The van der Waals surface area contributed by atoms with E-state index < -0.39 is 6.04 Å². The standard InChI is InChI=1S/C24H23ClN6O2/c1-13-9-18(11-30-15(3)27-28-23(13)30)31-21(16-5-7-17(25)8-6-16)22-20(24(31)33)14(2)10-29(22)12-19(32)26-4/h5-11,21H,12H2,1-4H3,(H,26,32). The third kappa shape index (κ3) is 3.29. The van der Waals surface area contributed by atoms with Crippen LogP contribution in [0.1, 0.15) is 44.6 Å². The van der Waals surface area contributed by atoms with Crippen molar-refractivity contribution in [3.8, 4) is 0 Å². The van der Waals surface area contributed by atoms with Gasteiger partial charge in [-0.05, 0) is 55.7 Å². The van der Waals surface area contributed by atoms with Crippen LogP contribution in [0.3, 0.4) is 0 Å². The maximum absolute atomic E-state index is 13.9. The molecule has 9 heteroatoms. The van der Waals surface area contributed by atoms with Gasteiger partial charge in [0.05, 0.1) is 16.9 Å². The highest BCUT2D eigenvalue weighted by atomic mass is 35.5. The summed E-state index contributed by atoms with van der Waals surface area (Å²) < 4.78 is 3.77. The summed E-state index contributed by atoms with van der Waals surface area (Å²) >= 11 is 6.16. The Morgan fingerprint density at radius 1 is 1.09 bits per heavy atom. The molecule has 8 nitrogen and oxygen atoms in total. The molecule has 0 bridgehead atoms. The van der Waals surface area contributed by atoms with Crippen molar-refractivity contribution in [2.75, 3.05) is 11.9 Å². The van der Waals surface area contributed by atoms with Gasteiger partial charge in [0.2, 0.25) is 5.91 Å². The topological polar surface area (TPSA) is 84.5 Å². The number of likely N-dealkylation sites (N-methyl/N-ethyl adjacent to an activating group) is 1. The molecule has 0 radical (unpaired) electrons. The predicted molar refractivity (Wildman–Crippen MR) is 126 cm³/mol. The van der Waals surface area contributed by atoms with Crippen LogP contribution in [-0.2, 0) is 11.3 Å². The molecule has 4 heterocycles. The van der Waals surface area contributed by atoms with Crippen LogP contribution in [0.5, 0.6) is 0 Å². The molecule has 3 aromatic heterocycles. The highest BCUT2D eigenvalue weighted by Gasteiger charge is 2.43. The first-order chi connectivity index (χ1) is 15.8. The number of amides is 2. The van der Waals surface area contributed by atoms with Gasteiger partial charge in [-0.2, -0.15) is 0 Å². The maximum atomic E-state index is 13.9. The van der Waals surface area contributed by atoms with Crippen molar-refractivity contribution in [2.24, 2.45) is 0 Å². The fourth-order valence-electron chi connectivity index (χ4n) is 4.61. The number of carbonyl (C=O) groups excluding carboxylic acids is 2. The number of benzene rings is 1. The average molecular weight is 463 g/mol. The molecule has 5 rings (SSSR count). The number of aromatic nitrogens is 4. The van der Waals surface area contributed by atoms with E-state index in [0.29, 0.717) is 10.6 Å². The van der Waals surface area contributed by atoms with Gasteiger partial charge < -0.3 is 9.88 Å². The lowest BCUT2D eigenvalue weighted by atomic mass is 10.0. The molecular formula is C24H23ClN6O2. The second kappa shape index (κ2) is 7.74. The van der Waals surface area contributed by atoms with Crippen LogP contribution in [-0.4, -0.2) is 38.0 Å². The number of nitrogens with one attached hydrogen (secondary N) is 1. The van der Waals surface area contributed by atoms with Crippen molar-refractivity contribution in [1.29, 1.82) is 0 Å². The fraction of sp³-hybridized carbons (Fsp3) is 0.250. The average Bonchev–Trinajstić information content (AvgIpc) is 3.42. The zero-order chi connectivity index (χ0) is 23.4. The number of aryl methyl sites for hydroxylation is 3. The number of hydrogen-bond acceptors (Lipinski definition) is 4. The van der Waals surface area contributed by atoms with E-state index in [1.807, 2.05) is 72.5 Å². The summed E-state index contributed by atoms with van der Waals surface area (Å²) in [6.07, 6.45) is 3.76. The molecule has 1 N–H and O–H groups in total. The van der Waals surface area contributed by atoms with E-state index in [4.69, 9.17) is 11.6 Å². The summed E-state index contributed by atoms with van der Waals surface area (Å²) in [5.74, 6) is 0.496. The Morgan fingerprint density at radius 3 is 2.52 bits per heavy atom. The summed E-state index contributed by atoms with van der Waals surface area (Å²) in [6.45, 7) is 5.86. The van der Waals surface area contributed by atoms with Gasteiger partial charge in [-0.25, -0.2) is 0 Å². The molecule has 1 unspecified atom stereocenters. The summed E-state index contributed by atoms with van der Waals surface area (Å²) in [5, 5.41) is 11.7. The Bertz CT molecular complexity index is 1420. The summed E-state index contributed by atoms with van der Waals surface area (Å²) in [7, 11) is 1.60. The number of pyridine rings is 1. The largest absolute Gasteiger partial charge is 0.358 e. The molecule has 4 aromatic rings. The second-order valence-electron chi connectivity index (χ2n) is 8.32. The quantitative estimate of drug-likeness (QED) is 0.502. The molecule has 1 atom stereocenters. The fourth-order valence-corrected chi connectivity index (χ4v) is 4.73. The lowest BCUT2D eigenvalue weighted by molar-refractivity contribution is -0.121. The highest BCUT2D eigenvalue weighted by Crippen LogP contribution is 2.44. The van der Waals surface area contributed by atoms with Gasteiger partial charge in [-0.1, -0.05) is 23.7 Å². The molecule has 1 aliphatic rings. The van der Waals surface area contributed by atoms with Crippen molar-refractivity contribution in [1.82, 2.24) is 24.5 Å². The van der Waals surface area contributed by atoms with Crippen molar-refractivity contribution in [2.45, 2.75) is 33.4 Å². The third-order valence-electron chi connectivity index (χ3n) is 6.16. The van der Waals surface area contributed by atoms with E-state index in [0.717, 1.165) is 39.5 Å². The Balaban J connectivity index is 1.74. The molecule has 1 aromatic carbocycles. The first kappa shape index (κ1) is 21.2. The number of rotatable bonds is 4. The SMILES string of the molecule is CNC(=O)Cn1cc(C)c2c1C(c1ccc(Cl)cc1)N(c1cc(C)c3nnc(C)n3c1)C2=O. The normalized spacial score (nSPS) is 15.4. The Labute approximate surface area is 195 Å². The van der Waals surface area contributed by atoms with E-state index in [1.165, 1.54) is 0 Å². The van der Waals surface area contributed by atoms with E-state index >= 15 is 0 Å².